The third-order valence-corrected chi connectivity index (χ3v) is 5.53. The topological polar surface area (TPSA) is 64.4 Å². The van der Waals surface area contributed by atoms with E-state index >= 15 is 0 Å². The molecule has 3 aromatic carbocycles. The van der Waals surface area contributed by atoms with E-state index in [2.05, 4.69) is 36.3 Å². The average molecular weight is 429 g/mol. The van der Waals surface area contributed by atoms with Crippen LogP contribution in [0, 0.1) is 0 Å². The lowest BCUT2D eigenvalue weighted by molar-refractivity contribution is 0.102. The smallest absolute Gasteiger partial charge is 0.255 e. The number of nitrogens with zero attached hydrogens (tertiary/aromatic N) is 1. The van der Waals surface area contributed by atoms with Crippen LogP contribution in [-0.2, 0) is 0 Å². The van der Waals surface area contributed by atoms with Gasteiger partial charge in [0.25, 0.3) is 5.91 Å². The van der Waals surface area contributed by atoms with Crippen LogP contribution >= 0.6 is 0 Å². The molecule has 0 aliphatic heterocycles. The van der Waals surface area contributed by atoms with Gasteiger partial charge in [0.2, 0.25) is 5.89 Å². The van der Waals surface area contributed by atoms with Crippen molar-refractivity contribution in [1.29, 1.82) is 0 Å². The van der Waals surface area contributed by atoms with Crippen molar-refractivity contribution in [2.24, 2.45) is 0 Å². The minimum Gasteiger partial charge on any atom is -0.494 e. The zero-order valence-corrected chi connectivity index (χ0v) is 18.7. The van der Waals surface area contributed by atoms with Crippen LogP contribution in [0.15, 0.2) is 71.1 Å². The fraction of sp³-hybridized carbons (Fsp3) is 0.259. The van der Waals surface area contributed by atoms with Crippen molar-refractivity contribution >= 4 is 22.7 Å². The molecule has 0 saturated heterocycles. The van der Waals surface area contributed by atoms with Crippen LogP contribution in [0.1, 0.15) is 55.5 Å². The van der Waals surface area contributed by atoms with Crippen molar-refractivity contribution in [3.63, 3.8) is 0 Å². The Kier molecular flexibility index (Phi) is 6.55. The van der Waals surface area contributed by atoms with Crippen LogP contribution in [0.4, 0.5) is 5.69 Å². The van der Waals surface area contributed by atoms with Crippen molar-refractivity contribution in [3.05, 3.63) is 77.9 Å². The molecule has 0 fully saturated rings. The van der Waals surface area contributed by atoms with Crippen molar-refractivity contribution in [3.8, 4) is 17.2 Å². The zero-order valence-electron chi connectivity index (χ0n) is 18.7. The number of oxazole rings is 1. The van der Waals surface area contributed by atoms with Gasteiger partial charge in [-0.1, -0.05) is 39.0 Å². The minimum atomic E-state index is -0.195. The second-order valence-corrected chi connectivity index (χ2v) is 7.97. The summed E-state index contributed by atoms with van der Waals surface area (Å²) in [5.74, 6) is 1.51. The van der Waals surface area contributed by atoms with Crippen molar-refractivity contribution < 1.29 is 13.9 Å². The number of nitrogens with one attached hydrogen (secondary N) is 1. The third-order valence-electron chi connectivity index (χ3n) is 5.53. The fourth-order valence-electron chi connectivity index (χ4n) is 3.49. The van der Waals surface area contributed by atoms with Gasteiger partial charge in [-0.15, -0.1) is 0 Å². The molecule has 32 heavy (non-hydrogen) atoms. The number of fused-ring (bicyclic) bond motifs is 1. The molecule has 0 unspecified atom stereocenters. The van der Waals surface area contributed by atoms with Crippen LogP contribution in [0.2, 0.25) is 0 Å². The van der Waals surface area contributed by atoms with Gasteiger partial charge in [-0.2, -0.15) is 0 Å². The highest BCUT2D eigenvalue weighted by Crippen LogP contribution is 2.29. The van der Waals surface area contributed by atoms with Gasteiger partial charge in [-0.05, 0) is 72.9 Å². The SMILES string of the molecule is CCCOc1cccc(C(=O)Nc2cccc(-c3nc4cc([C@H](C)CC)ccc4o3)c2)c1. The molecule has 0 bridgehead atoms. The standard InChI is InChI=1S/C27H28N2O3/c1-4-14-31-23-11-7-8-20(16-23)26(30)28-22-10-6-9-21(15-22)27-29-24-17-19(18(3)5-2)12-13-25(24)32-27/h6-13,15-18H,4-5,14H2,1-3H3,(H,28,30)/t18-/m1/s1. The first-order valence-electron chi connectivity index (χ1n) is 11.1. The minimum absolute atomic E-state index is 0.195. The number of aromatic nitrogens is 1. The lowest BCUT2D eigenvalue weighted by atomic mass is 9.98. The summed E-state index contributed by atoms with van der Waals surface area (Å²) in [6.07, 6.45) is 1.99. The maximum atomic E-state index is 12.8. The van der Waals surface area contributed by atoms with E-state index in [4.69, 9.17) is 9.15 Å². The Labute approximate surface area is 188 Å². The Morgan fingerprint density at radius 1 is 1.06 bits per heavy atom. The molecular formula is C27H28N2O3. The second-order valence-electron chi connectivity index (χ2n) is 7.97. The van der Waals surface area contributed by atoms with Gasteiger partial charge in [-0.3, -0.25) is 4.79 Å². The number of amides is 1. The Morgan fingerprint density at radius 2 is 1.91 bits per heavy atom. The molecule has 0 spiro atoms. The number of ether oxygens (including phenoxy) is 1. The summed E-state index contributed by atoms with van der Waals surface area (Å²) in [6, 6.07) is 20.9. The molecule has 1 atom stereocenters. The summed E-state index contributed by atoms with van der Waals surface area (Å²) in [5.41, 5.74) is 4.88. The molecule has 1 heterocycles. The predicted molar refractivity (Wildman–Crippen MR) is 128 cm³/mol. The quantitative estimate of drug-likeness (QED) is 0.327. The van der Waals surface area contributed by atoms with Gasteiger partial charge in [0.1, 0.15) is 11.3 Å². The Bertz CT molecular complexity index is 1230. The molecule has 5 nitrogen and oxygen atoms in total. The largest absolute Gasteiger partial charge is 0.494 e. The molecule has 0 aliphatic carbocycles. The van der Waals surface area contributed by atoms with Crippen LogP contribution < -0.4 is 10.1 Å². The van der Waals surface area contributed by atoms with E-state index in [-0.39, 0.29) is 5.91 Å². The summed E-state index contributed by atoms with van der Waals surface area (Å²) >= 11 is 0. The number of hydrogen-bond donors (Lipinski definition) is 1. The van der Waals surface area contributed by atoms with Crippen molar-refractivity contribution in [2.75, 3.05) is 11.9 Å². The second kappa shape index (κ2) is 9.69. The summed E-state index contributed by atoms with van der Waals surface area (Å²) < 4.78 is 11.6. The normalized spacial score (nSPS) is 12.0. The monoisotopic (exact) mass is 428 g/mol. The van der Waals surface area contributed by atoms with Gasteiger partial charge in [-0.25, -0.2) is 4.98 Å². The highest BCUT2D eigenvalue weighted by Gasteiger charge is 2.13. The first kappa shape index (κ1) is 21.6. The maximum Gasteiger partial charge on any atom is 0.255 e. The lowest BCUT2D eigenvalue weighted by Crippen LogP contribution is -2.12. The molecule has 0 saturated carbocycles. The fourth-order valence-corrected chi connectivity index (χ4v) is 3.49. The molecule has 4 rings (SSSR count). The first-order valence-corrected chi connectivity index (χ1v) is 11.1. The van der Waals surface area contributed by atoms with Crippen LogP contribution in [0.25, 0.3) is 22.6 Å². The number of anilines is 1. The molecule has 0 radical (unpaired) electrons. The Hall–Kier alpha value is -3.60. The van der Waals surface area contributed by atoms with E-state index in [1.807, 2.05) is 49.4 Å². The predicted octanol–water partition coefficient (Wildman–Crippen LogP) is 7.05. The maximum absolute atomic E-state index is 12.8. The summed E-state index contributed by atoms with van der Waals surface area (Å²) in [6.45, 7) is 7.05. The zero-order chi connectivity index (χ0) is 22.5. The van der Waals surface area contributed by atoms with E-state index in [9.17, 15) is 4.79 Å². The molecule has 1 N–H and O–H groups in total. The molecule has 5 heteroatoms. The number of carbonyl (C=O) groups is 1. The molecular weight excluding hydrogens is 400 g/mol. The van der Waals surface area contributed by atoms with E-state index < -0.39 is 0 Å². The molecule has 164 valence electrons. The first-order chi connectivity index (χ1) is 15.6. The highest BCUT2D eigenvalue weighted by molar-refractivity contribution is 6.04. The van der Waals surface area contributed by atoms with Crippen molar-refractivity contribution in [2.45, 2.75) is 39.5 Å². The van der Waals surface area contributed by atoms with E-state index in [0.717, 1.165) is 29.5 Å². The number of hydrogen-bond acceptors (Lipinski definition) is 4. The van der Waals surface area contributed by atoms with Crippen LogP contribution in [-0.4, -0.2) is 17.5 Å². The van der Waals surface area contributed by atoms with E-state index in [0.29, 0.717) is 35.4 Å². The van der Waals surface area contributed by atoms with E-state index in [1.165, 1.54) is 5.56 Å². The van der Waals surface area contributed by atoms with Gasteiger partial charge in [0.15, 0.2) is 5.58 Å². The average Bonchev–Trinajstić information content (AvgIpc) is 3.26. The van der Waals surface area contributed by atoms with E-state index in [1.54, 1.807) is 12.1 Å². The summed E-state index contributed by atoms with van der Waals surface area (Å²) in [4.78, 5) is 17.4. The Balaban J connectivity index is 1.54. The number of rotatable bonds is 8. The molecule has 0 aliphatic rings. The van der Waals surface area contributed by atoms with Gasteiger partial charge < -0.3 is 14.5 Å². The highest BCUT2D eigenvalue weighted by atomic mass is 16.5. The van der Waals surface area contributed by atoms with Crippen LogP contribution in [0.5, 0.6) is 5.75 Å². The lowest BCUT2D eigenvalue weighted by Gasteiger charge is -2.09. The number of carbonyl (C=O) groups excluding carboxylic acids is 1. The van der Waals surface area contributed by atoms with Gasteiger partial charge in [0, 0.05) is 16.8 Å². The summed E-state index contributed by atoms with van der Waals surface area (Å²) in [5, 5.41) is 2.95. The third kappa shape index (κ3) is 4.83. The van der Waals surface area contributed by atoms with Gasteiger partial charge in [0.05, 0.1) is 6.61 Å². The van der Waals surface area contributed by atoms with Gasteiger partial charge >= 0.3 is 0 Å². The van der Waals surface area contributed by atoms with Crippen LogP contribution in [0.3, 0.4) is 0 Å². The molecule has 4 aromatic rings. The molecule has 1 amide bonds. The Morgan fingerprint density at radius 3 is 2.72 bits per heavy atom. The van der Waals surface area contributed by atoms with Crippen molar-refractivity contribution in [1.82, 2.24) is 4.98 Å². The summed E-state index contributed by atoms with van der Waals surface area (Å²) in [7, 11) is 0. The molecule has 1 aromatic heterocycles. The number of benzene rings is 3.